The highest BCUT2D eigenvalue weighted by molar-refractivity contribution is 5.99. The minimum absolute atomic E-state index is 0.0621. The maximum atomic E-state index is 12.4. The van der Waals surface area contributed by atoms with Crippen LogP contribution in [0.5, 0.6) is 5.75 Å². The molecule has 2 aromatic carbocycles. The number of aromatic hydroxyl groups is 1. The Bertz CT molecular complexity index is 908. The maximum Gasteiger partial charge on any atom is 0.235 e. The molecule has 1 heterocycles. The van der Waals surface area contributed by atoms with E-state index in [0.29, 0.717) is 23.1 Å². The topological polar surface area (TPSA) is 67.5 Å². The van der Waals surface area contributed by atoms with Crippen LogP contribution in [0.25, 0.3) is 22.3 Å². The fourth-order valence-corrected chi connectivity index (χ4v) is 2.35. The Hall–Kier alpha value is -2.88. The summed E-state index contributed by atoms with van der Waals surface area (Å²) in [7, 11) is 0. The van der Waals surface area contributed by atoms with Crippen LogP contribution in [0.4, 0.5) is 0 Å². The van der Waals surface area contributed by atoms with Gasteiger partial charge >= 0.3 is 0 Å². The molecular weight excluding hydrogens is 280 g/mol. The summed E-state index contributed by atoms with van der Waals surface area (Å²) in [5, 5.41) is 10.3. The summed E-state index contributed by atoms with van der Waals surface area (Å²) in [6, 6.07) is 13.6. The van der Waals surface area contributed by atoms with E-state index < -0.39 is 11.2 Å². The van der Waals surface area contributed by atoms with Crippen molar-refractivity contribution < 1.29 is 14.3 Å². The van der Waals surface area contributed by atoms with Crippen molar-refractivity contribution in [1.29, 1.82) is 0 Å². The predicted octanol–water partition coefficient (Wildman–Crippen LogP) is 3.76. The van der Waals surface area contributed by atoms with Crippen molar-refractivity contribution in [2.75, 3.05) is 0 Å². The van der Waals surface area contributed by atoms with Gasteiger partial charge in [-0.1, -0.05) is 37.3 Å². The Labute approximate surface area is 126 Å². The average Bonchev–Trinajstić information content (AvgIpc) is 2.57. The number of fused-ring (bicyclic) bond motifs is 1. The van der Waals surface area contributed by atoms with Gasteiger partial charge in [-0.25, -0.2) is 0 Å². The van der Waals surface area contributed by atoms with Crippen LogP contribution in [0.3, 0.4) is 0 Å². The molecule has 0 spiro atoms. The molecule has 0 atom stereocenters. The van der Waals surface area contributed by atoms with Gasteiger partial charge < -0.3 is 9.52 Å². The summed E-state index contributed by atoms with van der Waals surface area (Å²) in [6.07, 6.45) is 0.352. The molecule has 0 saturated carbocycles. The first-order valence-corrected chi connectivity index (χ1v) is 7.00. The van der Waals surface area contributed by atoms with Crippen LogP contribution in [0, 0.1) is 0 Å². The van der Waals surface area contributed by atoms with E-state index in [2.05, 4.69) is 0 Å². The molecular formula is C18H14O4. The van der Waals surface area contributed by atoms with Crippen LogP contribution < -0.4 is 5.43 Å². The van der Waals surface area contributed by atoms with Crippen LogP contribution >= 0.6 is 0 Å². The fourth-order valence-electron chi connectivity index (χ4n) is 2.35. The van der Waals surface area contributed by atoms with Crippen LogP contribution in [-0.4, -0.2) is 10.9 Å². The first-order valence-electron chi connectivity index (χ1n) is 7.00. The molecule has 0 aliphatic heterocycles. The van der Waals surface area contributed by atoms with Crippen molar-refractivity contribution in [2.24, 2.45) is 0 Å². The molecule has 3 aromatic rings. The summed E-state index contributed by atoms with van der Waals surface area (Å²) in [4.78, 5) is 24.1. The van der Waals surface area contributed by atoms with Crippen LogP contribution in [0.2, 0.25) is 0 Å². The second kappa shape index (κ2) is 5.48. The molecule has 0 amide bonds. The molecule has 4 nitrogen and oxygen atoms in total. The molecule has 1 N–H and O–H groups in total. The van der Waals surface area contributed by atoms with E-state index in [1.54, 1.807) is 43.3 Å². The molecule has 0 aliphatic carbocycles. The average molecular weight is 294 g/mol. The summed E-state index contributed by atoms with van der Waals surface area (Å²) in [6.45, 7) is 1.75. The number of hydrogen-bond acceptors (Lipinski definition) is 4. The smallest absolute Gasteiger partial charge is 0.235 e. The Kier molecular flexibility index (Phi) is 3.51. The third kappa shape index (κ3) is 2.29. The van der Waals surface area contributed by atoms with Gasteiger partial charge in [-0.2, -0.15) is 0 Å². The molecule has 4 heteroatoms. The lowest BCUT2D eigenvalue weighted by molar-refractivity contribution is 0.0988. The van der Waals surface area contributed by atoms with E-state index in [9.17, 15) is 14.7 Å². The molecule has 1 aromatic heterocycles. The molecule has 0 bridgehead atoms. The first-order chi connectivity index (χ1) is 10.6. The van der Waals surface area contributed by atoms with Gasteiger partial charge in [-0.15, -0.1) is 0 Å². The van der Waals surface area contributed by atoms with Crippen molar-refractivity contribution in [2.45, 2.75) is 13.3 Å². The van der Waals surface area contributed by atoms with Gasteiger partial charge in [0.05, 0.1) is 5.39 Å². The Balaban J connectivity index is 2.27. The molecule has 0 saturated heterocycles. The van der Waals surface area contributed by atoms with E-state index in [1.165, 1.54) is 6.07 Å². The third-order valence-electron chi connectivity index (χ3n) is 3.55. The Morgan fingerprint density at radius 3 is 2.55 bits per heavy atom. The highest BCUT2D eigenvalue weighted by atomic mass is 16.4. The lowest BCUT2D eigenvalue weighted by Gasteiger charge is -2.07. The van der Waals surface area contributed by atoms with Gasteiger partial charge in [0.1, 0.15) is 5.58 Å². The van der Waals surface area contributed by atoms with Gasteiger partial charge in [0, 0.05) is 17.5 Å². The first kappa shape index (κ1) is 14.1. The van der Waals surface area contributed by atoms with Gasteiger partial charge in [-0.05, 0) is 18.2 Å². The number of ketones is 1. The lowest BCUT2D eigenvalue weighted by Crippen LogP contribution is -2.05. The molecule has 22 heavy (non-hydrogen) atoms. The number of hydrogen-bond donors (Lipinski definition) is 1. The largest absolute Gasteiger partial charge is 0.502 e. The van der Waals surface area contributed by atoms with Gasteiger partial charge in [0.2, 0.25) is 11.2 Å². The van der Waals surface area contributed by atoms with Crippen molar-refractivity contribution >= 4 is 16.8 Å². The lowest BCUT2D eigenvalue weighted by atomic mass is 10.0. The number of benzene rings is 2. The number of carbonyl (C=O) groups excluding carboxylic acids is 1. The molecule has 0 radical (unpaired) electrons. The summed E-state index contributed by atoms with van der Waals surface area (Å²) >= 11 is 0. The highest BCUT2D eigenvalue weighted by Crippen LogP contribution is 2.30. The van der Waals surface area contributed by atoms with E-state index in [0.717, 1.165) is 0 Å². The molecule has 0 aliphatic rings. The zero-order valence-corrected chi connectivity index (χ0v) is 12.0. The highest BCUT2D eigenvalue weighted by Gasteiger charge is 2.16. The van der Waals surface area contributed by atoms with E-state index in [-0.39, 0.29) is 16.9 Å². The normalized spacial score (nSPS) is 10.8. The quantitative estimate of drug-likeness (QED) is 0.747. The predicted molar refractivity (Wildman–Crippen MR) is 84.2 cm³/mol. The number of rotatable bonds is 3. The molecule has 0 unspecified atom stereocenters. The van der Waals surface area contributed by atoms with E-state index >= 15 is 0 Å². The van der Waals surface area contributed by atoms with Gasteiger partial charge in [0.15, 0.2) is 11.5 Å². The van der Waals surface area contributed by atoms with E-state index in [4.69, 9.17) is 4.42 Å². The maximum absolute atomic E-state index is 12.4. The van der Waals surface area contributed by atoms with Crippen molar-refractivity contribution in [1.82, 2.24) is 0 Å². The number of Topliss-reactive ketones (excluding diaryl/α,β-unsaturated/α-hetero) is 1. The standard InChI is InChI=1S/C18H14O4/c1-2-14(19)12-8-9-15-13(10-12)16(20)17(21)18(22-15)11-6-4-3-5-7-11/h3-10,21H,2H2,1H3. The van der Waals surface area contributed by atoms with Crippen molar-refractivity contribution in [3.8, 4) is 17.1 Å². The minimum Gasteiger partial charge on any atom is -0.502 e. The van der Waals surface area contributed by atoms with Crippen LogP contribution in [0.15, 0.2) is 57.7 Å². The zero-order chi connectivity index (χ0) is 15.7. The van der Waals surface area contributed by atoms with Crippen molar-refractivity contribution in [3.63, 3.8) is 0 Å². The summed E-state index contributed by atoms with van der Waals surface area (Å²) in [5.41, 5.74) is 0.863. The SMILES string of the molecule is CCC(=O)c1ccc2oc(-c3ccccc3)c(O)c(=O)c2c1. The van der Waals surface area contributed by atoms with Crippen LogP contribution in [-0.2, 0) is 0 Å². The monoisotopic (exact) mass is 294 g/mol. The summed E-state index contributed by atoms with van der Waals surface area (Å²) in [5.74, 6) is -0.375. The second-order valence-corrected chi connectivity index (χ2v) is 4.96. The minimum atomic E-state index is -0.536. The fraction of sp³-hybridized carbons (Fsp3) is 0.111. The molecule has 110 valence electrons. The Morgan fingerprint density at radius 2 is 1.86 bits per heavy atom. The number of carbonyl (C=O) groups is 1. The summed E-state index contributed by atoms with van der Waals surface area (Å²) < 4.78 is 5.67. The molecule has 0 fully saturated rings. The van der Waals surface area contributed by atoms with E-state index in [1.807, 2.05) is 6.07 Å². The second-order valence-electron chi connectivity index (χ2n) is 4.96. The van der Waals surface area contributed by atoms with Gasteiger partial charge in [0.25, 0.3) is 0 Å². The zero-order valence-electron chi connectivity index (χ0n) is 12.0. The van der Waals surface area contributed by atoms with Crippen LogP contribution in [0.1, 0.15) is 23.7 Å². The molecule has 3 rings (SSSR count). The third-order valence-corrected chi connectivity index (χ3v) is 3.55. The Morgan fingerprint density at radius 1 is 1.14 bits per heavy atom. The van der Waals surface area contributed by atoms with Gasteiger partial charge in [-0.3, -0.25) is 9.59 Å². The van der Waals surface area contributed by atoms with Crippen molar-refractivity contribution in [3.05, 3.63) is 64.3 Å².